The summed E-state index contributed by atoms with van der Waals surface area (Å²) in [7, 11) is 3.10. The zero-order chi connectivity index (χ0) is 23.5. The van der Waals surface area contributed by atoms with Gasteiger partial charge in [-0.25, -0.2) is 0 Å². The van der Waals surface area contributed by atoms with Crippen molar-refractivity contribution in [2.75, 3.05) is 47.1 Å². The van der Waals surface area contributed by atoms with Crippen LogP contribution in [0.3, 0.4) is 0 Å². The van der Waals surface area contributed by atoms with Gasteiger partial charge in [-0.05, 0) is 13.0 Å². The third kappa shape index (κ3) is 4.27. The van der Waals surface area contributed by atoms with Crippen molar-refractivity contribution in [2.45, 2.75) is 19.4 Å². The highest BCUT2D eigenvalue weighted by molar-refractivity contribution is 5.59. The molecule has 2 N–H and O–H groups in total. The van der Waals surface area contributed by atoms with Gasteiger partial charge in [0.05, 0.1) is 38.9 Å². The standard InChI is InChI=1S/C24H28N4O5/c1-15-12-20-22(24(29)28(15)7-6-27-8-10-32-11-9-27)21(18(14-25)23(26)33-20)17-5-4-16(30-2)13-19(17)31-3/h4-5,12-13,21H,6-11,26H2,1-3H3/t21-/m0/s1. The van der Waals surface area contributed by atoms with E-state index >= 15 is 0 Å². The minimum absolute atomic E-state index is 0.0160. The van der Waals surface area contributed by atoms with E-state index in [1.165, 1.54) is 7.11 Å². The van der Waals surface area contributed by atoms with Gasteiger partial charge in [-0.1, -0.05) is 6.07 Å². The molecular formula is C24H28N4O5. The lowest BCUT2D eigenvalue weighted by atomic mass is 9.83. The molecule has 9 heteroatoms. The van der Waals surface area contributed by atoms with E-state index in [1.54, 1.807) is 35.9 Å². The van der Waals surface area contributed by atoms with E-state index in [-0.39, 0.29) is 17.0 Å². The Morgan fingerprint density at radius 1 is 1.18 bits per heavy atom. The van der Waals surface area contributed by atoms with Crippen LogP contribution in [0.2, 0.25) is 0 Å². The Morgan fingerprint density at radius 3 is 2.61 bits per heavy atom. The molecule has 2 aliphatic rings. The van der Waals surface area contributed by atoms with Crippen LogP contribution in [0, 0.1) is 18.3 Å². The number of benzene rings is 1. The SMILES string of the molecule is COc1ccc([C@H]2C(C#N)=C(N)Oc3cc(C)n(CCN4CCOCC4)c(=O)c32)c(OC)c1. The molecule has 2 aliphatic heterocycles. The van der Waals surface area contributed by atoms with Crippen LogP contribution in [0.5, 0.6) is 17.2 Å². The summed E-state index contributed by atoms with van der Waals surface area (Å²) in [6, 6.07) is 9.23. The smallest absolute Gasteiger partial charge is 0.258 e. The number of morpholine rings is 1. The van der Waals surface area contributed by atoms with Crippen LogP contribution in [0.25, 0.3) is 0 Å². The molecule has 0 unspecified atom stereocenters. The summed E-state index contributed by atoms with van der Waals surface area (Å²) in [5.74, 6) is 0.720. The van der Waals surface area contributed by atoms with Crippen molar-refractivity contribution in [2.24, 2.45) is 5.73 Å². The third-order valence-corrected chi connectivity index (χ3v) is 6.19. The number of nitrogens with zero attached hydrogens (tertiary/aromatic N) is 3. The van der Waals surface area contributed by atoms with E-state index in [0.29, 0.717) is 48.1 Å². The van der Waals surface area contributed by atoms with Crippen LogP contribution in [0.15, 0.2) is 40.5 Å². The average molecular weight is 453 g/mol. The van der Waals surface area contributed by atoms with Gasteiger partial charge in [0.1, 0.15) is 28.9 Å². The lowest BCUT2D eigenvalue weighted by Crippen LogP contribution is -2.40. The first-order chi connectivity index (χ1) is 16.0. The number of hydrogen-bond donors (Lipinski definition) is 1. The number of nitrogens with two attached hydrogens (primary N) is 1. The van der Waals surface area contributed by atoms with Gasteiger partial charge < -0.3 is 29.2 Å². The van der Waals surface area contributed by atoms with Crippen molar-refractivity contribution in [3.63, 3.8) is 0 Å². The number of nitriles is 1. The number of fused-ring (bicyclic) bond motifs is 1. The molecule has 1 aromatic carbocycles. The molecule has 33 heavy (non-hydrogen) atoms. The third-order valence-electron chi connectivity index (χ3n) is 6.19. The summed E-state index contributed by atoms with van der Waals surface area (Å²) in [6.07, 6.45) is 0. The first kappa shape index (κ1) is 22.7. The monoisotopic (exact) mass is 452 g/mol. The van der Waals surface area contributed by atoms with Gasteiger partial charge in [-0.3, -0.25) is 9.69 Å². The van der Waals surface area contributed by atoms with Crippen molar-refractivity contribution >= 4 is 0 Å². The Bertz CT molecular complexity index is 1170. The Labute approximate surface area is 192 Å². The van der Waals surface area contributed by atoms with Crippen LogP contribution < -0.4 is 25.5 Å². The summed E-state index contributed by atoms with van der Waals surface area (Å²) in [6.45, 7) is 6.18. The molecule has 1 fully saturated rings. The Balaban J connectivity index is 1.82. The number of aryl methyl sites for hydroxylation is 1. The fourth-order valence-corrected chi connectivity index (χ4v) is 4.40. The Kier molecular flexibility index (Phi) is 6.58. The van der Waals surface area contributed by atoms with Crippen LogP contribution in [0.4, 0.5) is 0 Å². The maximum atomic E-state index is 13.8. The van der Waals surface area contributed by atoms with Crippen LogP contribution >= 0.6 is 0 Å². The predicted molar refractivity (Wildman–Crippen MR) is 122 cm³/mol. The summed E-state index contributed by atoms with van der Waals surface area (Å²) in [5.41, 5.74) is 7.86. The van der Waals surface area contributed by atoms with Crippen molar-refractivity contribution < 1.29 is 18.9 Å². The Morgan fingerprint density at radius 2 is 1.94 bits per heavy atom. The molecule has 9 nitrogen and oxygen atoms in total. The summed E-state index contributed by atoms with van der Waals surface area (Å²) in [4.78, 5) is 16.1. The summed E-state index contributed by atoms with van der Waals surface area (Å²) >= 11 is 0. The summed E-state index contributed by atoms with van der Waals surface area (Å²) in [5, 5.41) is 9.91. The lowest BCUT2D eigenvalue weighted by Gasteiger charge is -2.29. The second-order valence-electron chi connectivity index (χ2n) is 8.01. The number of hydrogen-bond acceptors (Lipinski definition) is 8. The van der Waals surface area contributed by atoms with Gasteiger partial charge in [-0.2, -0.15) is 5.26 Å². The molecule has 0 radical (unpaired) electrons. The van der Waals surface area contributed by atoms with Crippen LogP contribution in [-0.4, -0.2) is 56.5 Å². The quantitative estimate of drug-likeness (QED) is 0.705. The van der Waals surface area contributed by atoms with Gasteiger partial charge in [0.25, 0.3) is 5.56 Å². The lowest BCUT2D eigenvalue weighted by molar-refractivity contribution is 0.0362. The molecule has 4 rings (SSSR count). The van der Waals surface area contributed by atoms with Gasteiger partial charge in [0.15, 0.2) is 0 Å². The van der Waals surface area contributed by atoms with E-state index in [4.69, 9.17) is 24.7 Å². The number of pyridine rings is 1. The number of aromatic nitrogens is 1. The minimum Gasteiger partial charge on any atom is -0.497 e. The molecule has 0 amide bonds. The second-order valence-corrected chi connectivity index (χ2v) is 8.01. The van der Waals surface area contributed by atoms with E-state index in [1.807, 2.05) is 6.92 Å². The maximum absolute atomic E-state index is 13.8. The Hall–Kier alpha value is -3.48. The van der Waals surface area contributed by atoms with E-state index in [9.17, 15) is 10.1 Å². The molecule has 0 spiro atoms. The highest BCUT2D eigenvalue weighted by Gasteiger charge is 2.36. The zero-order valence-corrected chi connectivity index (χ0v) is 19.1. The number of allylic oxidation sites excluding steroid dienone is 1. The zero-order valence-electron chi connectivity index (χ0n) is 19.1. The van der Waals surface area contributed by atoms with Crippen molar-refractivity contribution in [1.29, 1.82) is 5.26 Å². The average Bonchev–Trinajstić information content (AvgIpc) is 2.83. The van der Waals surface area contributed by atoms with E-state index in [2.05, 4.69) is 11.0 Å². The van der Waals surface area contributed by atoms with Gasteiger partial charge in [-0.15, -0.1) is 0 Å². The van der Waals surface area contributed by atoms with Crippen LogP contribution in [0.1, 0.15) is 22.7 Å². The van der Waals surface area contributed by atoms with Crippen molar-refractivity contribution in [3.8, 4) is 23.3 Å². The minimum atomic E-state index is -0.720. The molecule has 3 heterocycles. The molecule has 1 atom stereocenters. The molecule has 174 valence electrons. The highest BCUT2D eigenvalue weighted by atomic mass is 16.5. The fraction of sp³-hybridized carbons (Fsp3) is 0.417. The van der Waals surface area contributed by atoms with Gasteiger partial charge >= 0.3 is 0 Å². The number of ether oxygens (including phenoxy) is 4. The van der Waals surface area contributed by atoms with E-state index in [0.717, 1.165) is 25.3 Å². The number of rotatable bonds is 6. The fourth-order valence-electron chi connectivity index (χ4n) is 4.40. The van der Waals surface area contributed by atoms with E-state index < -0.39 is 5.92 Å². The topological polar surface area (TPSA) is 112 Å². The largest absolute Gasteiger partial charge is 0.497 e. The number of methoxy groups -OCH3 is 2. The highest BCUT2D eigenvalue weighted by Crippen LogP contribution is 2.44. The van der Waals surface area contributed by atoms with Gasteiger partial charge in [0, 0.05) is 49.6 Å². The molecule has 2 aromatic rings. The van der Waals surface area contributed by atoms with Gasteiger partial charge in [0.2, 0.25) is 5.88 Å². The normalized spacial score (nSPS) is 18.3. The first-order valence-electron chi connectivity index (χ1n) is 10.8. The molecule has 1 aromatic heterocycles. The maximum Gasteiger partial charge on any atom is 0.258 e. The first-order valence-corrected chi connectivity index (χ1v) is 10.8. The summed E-state index contributed by atoms with van der Waals surface area (Å²) < 4.78 is 23.8. The molecule has 1 saturated heterocycles. The molecular weight excluding hydrogens is 424 g/mol. The van der Waals surface area contributed by atoms with Crippen molar-refractivity contribution in [1.82, 2.24) is 9.47 Å². The molecule has 0 bridgehead atoms. The molecule has 0 aliphatic carbocycles. The molecule has 0 saturated carbocycles. The van der Waals surface area contributed by atoms with Crippen molar-refractivity contribution in [3.05, 3.63) is 62.9 Å². The second kappa shape index (κ2) is 9.57. The predicted octanol–water partition coefficient (Wildman–Crippen LogP) is 1.72. The van der Waals surface area contributed by atoms with Crippen LogP contribution in [-0.2, 0) is 11.3 Å².